The number of fused-ring (bicyclic) bond motifs is 1. The minimum absolute atomic E-state index is 0.167. The molecule has 134 valence electrons. The Bertz CT molecular complexity index is 872. The van der Waals surface area contributed by atoms with Crippen molar-refractivity contribution in [1.29, 1.82) is 0 Å². The Morgan fingerprint density at radius 2 is 2.00 bits per heavy atom. The third-order valence-corrected chi connectivity index (χ3v) is 4.48. The van der Waals surface area contributed by atoms with E-state index in [9.17, 15) is 9.59 Å². The van der Waals surface area contributed by atoms with Crippen molar-refractivity contribution in [3.8, 4) is 11.5 Å². The standard InChI is InChI=1S/C18H15ClN2O5/c19-14-4-2-1-3-13(14)17(22)20-8-12-9-21(18(23)26-12)11-5-6-15-16(7-11)25-10-24-15/h1-7,12H,8-10H2,(H,20,22). The number of cyclic esters (lactones) is 1. The number of carbonyl (C=O) groups is 2. The van der Waals surface area contributed by atoms with E-state index in [-0.39, 0.29) is 19.2 Å². The first-order chi connectivity index (χ1) is 12.6. The van der Waals surface area contributed by atoms with Crippen molar-refractivity contribution < 1.29 is 23.8 Å². The van der Waals surface area contributed by atoms with E-state index in [4.69, 9.17) is 25.8 Å². The molecule has 26 heavy (non-hydrogen) atoms. The molecule has 2 aromatic carbocycles. The Balaban J connectivity index is 1.39. The minimum atomic E-state index is -0.471. The van der Waals surface area contributed by atoms with Gasteiger partial charge in [-0.15, -0.1) is 0 Å². The van der Waals surface area contributed by atoms with Crippen molar-refractivity contribution in [3.05, 3.63) is 53.1 Å². The van der Waals surface area contributed by atoms with E-state index >= 15 is 0 Å². The van der Waals surface area contributed by atoms with Crippen LogP contribution in [-0.2, 0) is 4.74 Å². The van der Waals surface area contributed by atoms with E-state index in [1.807, 2.05) is 0 Å². The first-order valence-corrected chi connectivity index (χ1v) is 8.40. The summed E-state index contributed by atoms with van der Waals surface area (Å²) in [4.78, 5) is 25.8. The van der Waals surface area contributed by atoms with E-state index in [2.05, 4.69) is 5.32 Å². The van der Waals surface area contributed by atoms with Gasteiger partial charge in [-0.2, -0.15) is 0 Å². The smallest absolute Gasteiger partial charge is 0.414 e. The first-order valence-electron chi connectivity index (χ1n) is 8.02. The molecule has 1 unspecified atom stereocenters. The molecule has 2 heterocycles. The van der Waals surface area contributed by atoms with E-state index in [1.54, 1.807) is 42.5 Å². The highest BCUT2D eigenvalue weighted by Gasteiger charge is 2.33. The molecule has 2 aliphatic rings. The fourth-order valence-corrected chi connectivity index (χ4v) is 3.06. The molecule has 0 radical (unpaired) electrons. The van der Waals surface area contributed by atoms with E-state index in [0.717, 1.165) is 0 Å². The number of hydrogen-bond donors (Lipinski definition) is 1. The second kappa shape index (κ2) is 6.76. The summed E-state index contributed by atoms with van der Waals surface area (Å²) in [6, 6.07) is 12.0. The van der Waals surface area contributed by atoms with Gasteiger partial charge in [-0.25, -0.2) is 4.79 Å². The summed E-state index contributed by atoms with van der Waals surface area (Å²) in [6.45, 7) is 0.679. The van der Waals surface area contributed by atoms with Gasteiger partial charge >= 0.3 is 6.09 Å². The Morgan fingerprint density at radius 3 is 2.85 bits per heavy atom. The monoisotopic (exact) mass is 374 g/mol. The van der Waals surface area contributed by atoms with Gasteiger partial charge in [-0.3, -0.25) is 9.69 Å². The SMILES string of the molecule is O=C(NCC1CN(c2ccc3c(c2)OCO3)C(=O)O1)c1ccccc1Cl. The van der Waals surface area contributed by atoms with Gasteiger partial charge in [0.2, 0.25) is 6.79 Å². The van der Waals surface area contributed by atoms with E-state index < -0.39 is 12.2 Å². The van der Waals surface area contributed by atoms with Crippen molar-refractivity contribution in [2.24, 2.45) is 0 Å². The third-order valence-electron chi connectivity index (χ3n) is 4.15. The molecule has 0 aromatic heterocycles. The molecule has 0 bridgehead atoms. The maximum Gasteiger partial charge on any atom is 0.414 e. The van der Waals surface area contributed by atoms with Crippen LogP contribution in [0.5, 0.6) is 11.5 Å². The molecule has 0 saturated carbocycles. The fraction of sp³-hybridized carbons (Fsp3) is 0.222. The number of ether oxygens (including phenoxy) is 3. The number of nitrogens with one attached hydrogen (secondary N) is 1. The Labute approximate surface area is 154 Å². The van der Waals surface area contributed by atoms with Gasteiger partial charge in [0.25, 0.3) is 5.91 Å². The van der Waals surface area contributed by atoms with Crippen molar-refractivity contribution in [3.63, 3.8) is 0 Å². The summed E-state index contributed by atoms with van der Waals surface area (Å²) in [5, 5.41) is 3.11. The predicted octanol–water partition coefficient (Wildman–Crippen LogP) is 2.82. The number of amides is 2. The molecule has 0 aliphatic carbocycles. The molecule has 2 amide bonds. The summed E-state index contributed by atoms with van der Waals surface area (Å²) in [7, 11) is 0. The molecule has 2 aliphatic heterocycles. The summed E-state index contributed by atoms with van der Waals surface area (Å²) in [6.07, 6.45) is -0.930. The van der Waals surface area contributed by atoms with Gasteiger partial charge in [0, 0.05) is 6.07 Å². The Hall–Kier alpha value is -2.93. The van der Waals surface area contributed by atoms with Crippen molar-refractivity contribution >= 4 is 29.3 Å². The number of hydrogen-bond acceptors (Lipinski definition) is 5. The highest BCUT2D eigenvalue weighted by molar-refractivity contribution is 6.33. The molecule has 1 saturated heterocycles. The van der Waals surface area contributed by atoms with Crippen molar-refractivity contribution in [2.75, 3.05) is 24.8 Å². The van der Waals surface area contributed by atoms with Gasteiger partial charge in [0.1, 0.15) is 6.10 Å². The van der Waals surface area contributed by atoms with Crippen LogP contribution in [0.3, 0.4) is 0 Å². The van der Waals surface area contributed by atoms with Gasteiger partial charge in [-0.1, -0.05) is 23.7 Å². The van der Waals surface area contributed by atoms with Gasteiger partial charge < -0.3 is 19.5 Å². The molecule has 8 heteroatoms. The first kappa shape index (κ1) is 16.5. The zero-order chi connectivity index (χ0) is 18.1. The fourth-order valence-electron chi connectivity index (χ4n) is 2.84. The number of nitrogens with zero attached hydrogens (tertiary/aromatic N) is 1. The Kier molecular flexibility index (Phi) is 4.30. The number of rotatable bonds is 4. The highest BCUT2D eigenvalue weighted by atomic mass is 35.5. The lowest BCUT2D eigenvalue weighted by atomic mass is 10.2. The number of carbonyl (C=O) groups excluding carboxylic acids is 2. The molecule has 2 aromatic rings. The van der Waals surface area contributed by atoms with Crippen LogP contribution in [0.2, 0.25) is 5.02 Å². The normalized spacial score (nSPS) is 18.0. The average molecular weight is 375 g/mol. The second-order valence-electron chi connectivity index (χ2n) is 5.84. The second-order valence-corrected chi connectivity index (χ2v) is 6.25. The van der Waals surface area contributed by atoms with Crippen LogP contribution in [0.25, 0.3) is 0 Å². The highest BCUT2D eigenvalue weighted by Crippen LogP contribution is 2.36. The van der Waals surface area contributed by atoms with Crippen LogP contribution < -0.4 is 19.7 Å². The van der Waals surface area contributed by atoms with Crippen LogP contribution in [0.1, 0.15) is 10.4 Å². The quantitative estimate of drug-likeness (QED) is 0.890. The molecular formula is C18H15ClN2O5. The topological polar surface area (TPSA) is 77.1 Å². The minimum Gasteiger partial charge on any atom is -0.454 e. The summed E-state index contributed by atoms with van der Waals surface area (Å²) in [5.41, 5.74) is 1.03. The molecule has 7 nitrogen and oxygen atoms in total. The number of benzene rings is 2. The molecule has 1 fully saturated rings. The van der Waals surface area contributed by atoms with Crippen LogP contribution in [0, 0.1) is 0 Å². The van der Waals surface area contributed by atoms with Crippen molar-refractivity contribution in [1.82, 2.24) is 5.32 Å². The lowest BCUT2D eigenvalue weighted by Crippen LogP contribution is -2.34. The molecule has 1 N–H and O–H groups in total. The zero-order valence-electron chi connectivity index (χ0n) is 13.6. The van der Waals surface area contributed by atoms with Crippen LogP contribution in [0.15, 0.2) is 42.5 Å². The molecule has 4 rings (SSSR count). The summed E-state index contributed by atoms with van der Waals surface area (Å²) in [5.74, 6) is 0.920. The number of anilines is 1. The third kappa shape index (κ3) is 3.13. The van der Waals surface area contributed by atoms with Gasteiger partial charge in [0.15, 0.2) is 11.5 Å². The molecule has 1 atom stereocenters. The average Bonchev–Trinajstić information content (AvgIpc) is 3.25. The summed E-state index contributed by atoms with van der Waals surface area (Å²) < 4.78 is 15.9. The predicted molar refractivity (Wildman–Crippen MR) is 94.0 cm³/mol. The maximum atomic E-state index is 12.2. The van der Waals surface area contributed by atoms with Gasteiger partial charge in [-0.05, 0) is 24.3 Å². The Morgan fingerprint density at radius 1 is 1.19 bits per heavy atom. The van der Waals surface area contributed by atoms with E-state index in [0.29, 0.717) is 34.3 Å². The summed E-state index contributed by atoms with van der Waals surface area (Å²) >= 11 is 6.01. The molecule has 0 spiro atoms. The maximum absolute atomic E-state index is 12.2. The van der Waals surface area contributed by atoms with Crippen molar-refractivity contribution in [2.45, 2.75) is 6.10 Å². The van der Waals surface area contributed by atoms with Gasteiger partial charge in [0.05, 0.1) is 29.4 Å². The van der Waals surface area contributed by atoms with Crippen LogP contribution >= 0.6 is 11.6 Å². The van der Waals surface area contributed by atoms with Crippen LogP contribution in [-0.4, -0.2) is 38.0 Å². The lowest BCUT2D eigenvalue weighted by Gasteiger charge is -2.13. The number of halogens is 1. The molecular weight excluding hydrogens is 360 g/mol. The lowest BCUT2D eigenvalue weighted by molar-refractivity contribution is 0.0916. The zero-order valence-corrected chi connectivity index (χ0v) is 14.4. The van der Waals surface area contributed by atoms with E-state index in [1.165, 1.54) is 4.90 Å². The largest absolute Gasteiger partial charge is 0.454 e. The van der Waals surface area contributed by atoms with Crippen LogP contribution in [0.4, 0.5) is 10.5 Å².